The highest BCUT2D eigenvalue weighted by atomic mass is 16.2. The number of benzene rings is 2. The highest BCUT2D eigenvalue weighted by Gasteiger charge is 2.29. The minimum absolute atomic E-state index is 0.0362. The maximum atomic E-state index is 13.1. The van der Waals surface area contributed by atoms with Gasteiger partial charge in [0.25, 0.3) is 0 Å². The zero-order chi connectivity index (χ0) is 19.9. The number of nitrogens with zero attached hydrogens (tertiary/aromatic N) is 2. The van der Waals surface area contributed by atoms with Crippen molar-refractivity contribution in [1.29, 1.82) is 0 Å². The van der Waals surface area contributed by atoms with Crippen molar-refractivity contribution < 1.29 is 9.59 Å². The van der Waals surface area contributed by atoms with E-state index in [4.69, 9.17) is 0 Å². The molecule has 1 saturated heterocycles. The largest absolute Gasteiger partial charge is 0.333 e. The van der Waals surface area contributed by atoms with E-state index in [0.29, 0.717) is 32.1 Å². The van der Waals surface area contributed by atoms with Crippen molar-refractivity contribution in [2.75, 3.05) is 13.2 Å². The minimum atomic E-state index is -0.0362. The second kappa shape index (κ2) is 9.51. The lowest BCUT2D eigenvalue weighted by Gasteiger charge is -2.35. The lowest BCUT2D eigenvalue weighted by atomic mass is 9.99. The van der Waals surface area contributed by atoms with E-state index < -0.39 is 0 Å². The molecule has 0 bridgehead atoms. The molecule has 5 heteroatoms. The van der Waals surface area contributed by atoms with Crippen LogP contribution in [0, 0.1) is 5.92 Å². The van der Waals surface area contributed by atoms with Crippen molar-refractivity contribution in [2.45, 2.75) is 39.4 Å². The van der Waals surface area contributed by atoms with Crippen LogP contribution in [0.25, 0.3) is 0 Å². The summed E-state index contributed by atoms with van der Waals surface area (Å²) in [7, 11) is 0. The Labute approximate surface area is 167 Å². The number of nitrogens with one attached hydrogen (secondary N) is 1. The molecule has 1 aliphatic rings. The molecule has 2 aromatic rings. The Morgan fingerprint density at radius 3 is 2.04 bits per heavy atom. The summed E-state index contributed by atoms with van der Waals surface area (Å²) in [4.78, 5) is 29.0. The van der Waals surface area contributed by atoms with Gasteiger partial charge in [-0.2, -0.15) is 0 Å². The first-order chi connectivity index (χ1) is 13.5. The summed E-state index contributed by atoms with van der Waals surface area (Å²) in [6, 6.07) is 20.1. The SMILES string of the molecule is CC(C)C1CC(=O)N(CC(=O)N(Cc2ccccc2)Cc2ccccc2)CN1. The smallest absolute Gasteiger partial charge is 0.242 e. The highest BCUT2D eigenvalue weighted by molar-refractivity contribution is 5.85. The maximum Gasteiger partial charge on any atom is 0.242 e. The molecule has 1 atom stereocenters. The van der Waals surface area contributed by atoms with Gasteiger partial charge in [0.1, 0.15) is 6.54 Å². The zero-order valence-corrected chi connectivity index (χ0v) is 16.7. The van der Waals surface area contributed by atoms with E-state index in [1.54, 1.807) is 4.90 Å². The van der Waals surface area contributed by atoms with Crippen LogP contribution in [0.2, 0.25) is 0 Å². The van der Waals surface area contributed by atoms with Crippen LogP contribution in [0.4, 0.5) is 0 Å². The van der Waals surface area contributed by atoms with E-state index >= 15 is 0 Å². The molecule has 3 rings (SSSR count). The van der Waals surface area contributed by atoms with E-state index in [2.05, 4.69) is 19.2 Å². The van der Waals surface area contributed by atoms with Gasteiger partial charge < -0.3 is 9.80 Å². The number of amides is 2. The van der Waals surface area contributed by atoms with E-state index in [9.17, 15) is 9.59 Å². The van der Waals surface area contributed by atoms with Crippen molar-refractivity contribution in [1.82, 2.24) is 15.1 Å². The molecule has 2 aromatic carbocycles. The fraction of sp³-hybridized carbons (Fsp3) is 0.391. The lowest BCUT2D eigenvalue weighted by molar-refractivity contribution is -0.144. The second-order valence-electron chi connectivity index (χ2n) is 7.73. The first-order valence-electron chi connectivity index (χ1n) is 9.89. The van der Waals surface area contributed by atoms with Crippen molar-refractivity contribution in [3.63, 3.8) is 0 Å². The molecule has 0 aromatic heterocycles. The predicted octanol–water partition coefficient (Wildman–Crippen LogP) is 3.02. The summed E-state index contributed by atoms with van der Waals surface area (Å²) >= 11 is 0. The van der Waals surface area contributed by atoms with Gasteiger partial charge in [0, 0.05) is 25.6 Å². The van der Waals surface area contributed by atoms with Gasteiger partial charge in [0.2, 0.25) is 11.8 Å². The molecule has 1 unspecified atom stereocenters. The molecule has 1 aliphatic heterocycles. The van der Waals surface area contributed by atoms with E-state index in [1.807, 2.05) is 65.6 Å². The lowest BCUT2D eigenvalue weighted by Crippen LogP contribution is -2.55. The second-order valence-corrected chi connectivity index (χ2v) is 7.73. The van der Waals surface area contributed by atoms with Crippen LogP contribution in [0.3, 0.4) is 0 Å². The molecule has 1 N–H and O–H groups in total. The monoisotopic (exact) mass is 379 g/mol. The molecular formula is C23H29N3O2. The van der Waals surface area contributed by atoms with E-state index in [0.717, 1.165) is 11.1 Å². The summed E-state index contributed by atoms with van der Waals surface area (Å²) < 4.78 is 0. The van der Waals surface area contributed by atoms with Crippen LogP contribution >= 0.6 is 0 Å². The van der Waals surface area contributed by atoms with Crippen LogP contribution in [0.1, 0.15) is 31.4 Å². The van der Waals surface area contributed by atoms with E-state index in [-0.39, 0.29) is 24.4 Å². The Balaban J connectivity index is 1.68. The quantitative estimate of drug-likeness (QED) is 0.805. The third kappa shape index (κ3) is 5.42. The van der Waals surface area contributed by atoms with Gasteiger partial charge in [-0.05, 0) is 17.0 Å². The minimum Gasteiger partial charge on any atom is -0.333 e. The molecule has 5 nitrogen and oxygen atoms in total. The normalized spacial score (nSPS) is 17.0. The van der Waals surface area contributed by atoms with Gasteiger partial charge in [0.15, 0.2) is 0 Å². The summed E-state index contributed by atoms with van der Waals surface area (Å²) in [6.45, 7) is 5.80. The summed E-state index contributed by atoms with van der Waals surface area (Å²) in [6.07, 6.45) is 0.447. The molecule has 28 heavy (non-hydrogen) atoms. The third-order valence-electron chi connectivity index (χ3n) is 5.21. The van der Waals surface area contributed by atoms with Gasteiger partial charge in [-0.3, -0.25) is 14.9 Å². The molecule has 0 saturated carbocycles. The van der Waals surface area contributed by atoms with Crippen LogP contribution in [-0.2, 0) is 22.7 Å². The molecule has 1 fully saturated rings. The number of carbonyl (C=O) groups excluding carboxylic acids is 2. The molecule has 148 valence electrons. The third-order valence-corrected chi connectivity index (χ3v) is 5.21. The summed E-state index contributed by atoms with van der Waals surface area (Å²) in [5.74, 6) is 0.408. The Bertz CT molecular complexity index is 735. The molecule has 2 amide bonds. The molecule has 0 aliphatic carbocycles. The van der Waals surface area contributed by atoms with Gasteiger partial charge in [-0.1, -0.05) is 74.5 Å². The Morgan fingerprint density at radius 1 is 1.04 bits per heavy atom. The number of hydrogen-bond acceptors (Lipinski definition) is 3. The van der Waals surface area contributed by atoms with E-state index in [1.165, 1.54) is 0 Å². The van der Waals surface area contributed by atoms with Crippen LogP contribution in [-0.4, -0.2) is 40.9 Å². The Hall–Kier alpha value is -2.66. The predicted molar refractivity (Wildman–Crippen MR) is 110 cm³/mol. The van der Waals surface area contributed by atoms with Crippen molar-refractivity contribution >= 4 is 11.8 Å². The summed E-state index contributed by atoms with van der Waals surface area (Å²) in [5.41, 5.74) is 2.16. The first kappa shape index (κ1) is 20.1. The average molecular weight is 380 g/mol. The number of carbonyl (C=O) groups is 2. The highest BCUT2D eigenvalue weighted by Crippen LogP contribution is 2.15. The van der Waals surface area contributed by atoms with Gasteiger partial charge in [-0.25, -0.2) is 0 Å². The van der Waals surface area contributed by atoms with Crippen LogP contribution < -0.4 is 5.32 Å². The Kier molecular flexibility index (Phi) is 6.82. The maximum absolute atomic E-state index is 13.1. The fourth-order valence-corrected chi connectivity index (χ4v) is 3.42. The standard InChI is InChI=1S/C23H29N3O2/c1-18(2)21-13-22(27)26(17-24-21)16-23(28)25(14-19-9-5-3-6-10-19)15-20-11-7-4-8-12-20/h3-12,18,21,24H,13-17H2,1-2H3. The van der Waals surface area contributed by atoms with Crippen molar-refractivity contribution in [3.8, 4) is 0 Å². The number of rotatable bonds is 7. The van der Waals surface area contributed by atoms with Crippen molar-refractivity contribution in [3.05, 3.63) is 71.8 Å². The molecule has 0 spiro atoms. The molecule has 0 radical (unpaired) electrons. The van der Waals surface area contributed by atoms with Gasteiger partial charge >= 0.3 is 0 Å². The topological polar surface area (TPSA) is 52.7 Å². The first-order valence-corrected chi connectivity index (χ1v) is 9.89. The van der Waals surface area contributed by atoms with Crippen molar-refractivity contribution in [2.24, 2.45) is 5.92 Å². The number of hydrogen-bond donors (Lipinski definition) is 1. The van der Waals surface area contributed by atoms with Crippen LogP contribution in [0.15, 0.2) is 60.7 Å². The fourth-order valence-electron chi connectivity index (χ4n) is 3.42. The zero-order valence-electron chi connectivity index (χ0n) is 16.7. The average Bonchev–Trinajstić information content (AvgIpc) is 2.70. The molecular weight excluding hydrogens is 350 g/mol. The summed E-state index contributed by atoms with van der Waals surface area (Å²) in [5, 5.41) is 3.38. The van der Waals surface area contributed by atoms with Gasteiger partial charge in [0.05, 0.1) is 6.67 Å². The van der Waals surface area contributed by atoms with Crippen LogP contribution in [0.5, 0.6) is 0 Å². The van der Waals surface area contributed by atoms with Gasteiger partial charge in [-0.15, -0.1) is 0 Å². The molecule has 1 heterocycles. The Morgan fingerprint density at radius 2 is 1.57 bits per heavy atom.